The van der Waals surface area contributed by atoms with E-state index >= 15 is 0 Å². The number of hydrogen-bond donors (Lipinski definition) is 1. The molecule has 7 heteroatoms. The zero-order valence-corrected chi connectivity index (χ0v) is 15.5. The van der Waals surface area contributed by atoms with Crippen molar-refractivity contribution in [1.82, 2.24) is 5.32 Å². The number of amides is 1. The van der Waals surface area contributed by atoms with Crippen molar-refractivity contribution in [2.75, 3.05) is 13.2 Å². The summed E-state index contributed by atoms with van der Waals surface area (Å²) in [5.74, 6) is 0.529. The van der Waals surface area contributed by atoms with Crippen LogP contribution in [0.5, 0.6) is 17.2 Å². The monoisotopic (exact) mass is 379 g/mol. The van der Waals surface area contributed by atoms with Crippen LogP contribution in [0.15, 0.2) is 42.5 Å². The second-order valence-corrected chi connectivity index (χ2v) is 5.64. The van der Waals surface area contributed by atoms with E-state index in [2.05, 4.69) is 10.1 Å². The van der Waals surface area contributed by atoms with Crippen molar-refractivity contribution in [3.63, 3.8) is 0 Å². The van der Waals surface area contributed by atoms with Gasteiger partial charge in [-0.3, -0.25) is 4.79 Å². The Morgan fingerprint density at radius 2 is 1.67 bits per heavy atom. The lowest BCUT2D eigenvalue weighted by Gasteiger charge is -2.18. The van der Waals surface area contributed by atoms with Gasteiger partial charge in [0.1, 0.15) is 5.75 Å². The molecule has 2 rings (SSSR count). The second kappa shape index (κ2) is 9.75. The number of hydrogen-bond acceptors (Lipinski definition) is 4. The molecule has 0 aliphatic heterocycles. The average molecular weight is 379 g/mol. The Hall–Kier alpha value is -2.83. The largest absolute Gasteiger partial charge is 0.490 e. The molecule has 0 aliphatic carbocycles. The molecule has 0 heterocycles. The van der Waals surface area contributed by atoms with Crippen LogP contribution in [0, 0.1) is 0 Å². The minimum absolute atomic E-state index is 0.0422. The summed E-state index contributed by atoms with van der Waals surface area (Å²) in [5, 5.41) is 2.79. The van der Waals surface area contributed by atoms with Crippen molar-refractivity contribution in [2.24, 2.45) is 0 Å². The van der Waals surface area contributed by atoms with Gasteiger partial charge in [0, 0.05) is 0 Å². The number of carbonyl (C=O) groups excluding carboxylic acids is 1. The number of carbonyl (C=O) groups is 1. The number of nitrogens with one attached hydrogen (secondary N) is 1. The first-order chi connectivity index (χ1) is 13.0. The Morgan fingerprint density at radius 3 is 2.33 bits per heavy atom. The van der Waals surface area contributed by atoms with E-state index in [1.54, 1.807) is 25.1 Å². The number of halogens is 2. The highest BCUT2D eigenvalue weighted by atomic mass is 19.3. The van der Waals surface area contributed by atoms with E-state index in [0.29, 0.717) is 24.7 Å². The molecule has 0 aliphatic rings. The van der Waals surface area contributed by atoms with Crippen LogP contribution in [0.2, 0.25) is 0 Å². The molecule has 27 heavy (non-hydrogen) atoms. The molecule has 1 unspecified atom stereocenters. The minimum Gasteiger partial charge on any atom is -0.490 e. The molecule has 1 N–H and O–H groups in total. The molecule has 1 atom stereocenters. The van der Waals surface area contributed by atoms with Gasteiger partial charge in [-0.05, 0) is 50.6 Å². The number of para-hydroxylation sites is 1. The van der Waals surface area contributed by atoms with Gasteiger partial charge >= 0.3 is 6.61 Å². The Balaban J connectivity index is 2.18. The summed E-state index contributed by atoms with van der Waals surface area (Å²) in [7, 11) is 0. The normalized spacial score (nSPS) is 11.8. The summed E-state index contributed by atoms with van der Waals surface area (Å²) in [6, 6.07) is 10.9. The molecule has 5 nitrogen and oxygen atoms in total. The van der Waals surface area contributed by atoms with Crippen molar-refractivity contribution in [3.05, 3.63) is 53.6 Å². The fourth-order valence-corrected chi connectivity index (χ4v) is 2.55. The molecule has 0 spiro atoms. The van der Waals surface area contributed by atoms with Crippen molar-refractivity contribution in [2.45, 2.75) is 33.4 Å². The number of ether oxygens (including phenoxy) is 3. The summed E-state index contributed by atoms with van der Waals surface area (Å²) in [4.78, 5) is 12.5. The maximum Gasteiger partial charge on any atom is 0.387 e. The molecule has 0 bridgehead atoms. The molecule has 0 radical (unpaired) electrons. The van der Waals surface area contributed by atoms with Crippen LogP contribution in [-0.4, -0.2) is 25.7 Å². The van der Waals surface area contributed by atoms with Crippen LogP contribution in [0.1, 0.15) is 42.7 Å². The van der Waals surface area contributed by atoms with Gasteiger partial charge in [0.15, 0.2) is 11.5 Å². The van der Waals surface area contributed by atoms with Gasteiger partial charge in [0.05, 0.1) is 24.8 Å². The fourth-order valence-electron chi connectivity index (χ4n) is 2.55. The molecule has 0 saturated heterocycles. The Morgan fingerprint density at radius 1 is 1.00 bits per heavy atom. The molecule has 0 saturated carbocycles. The highest BCUT2D eigenvalue weighted by Crippen LogP contribution is 2.31. The predicted octanol–water partition coefficient (Wildman–Crippen LogP) is 4.58. The summed E-state index contributed by atoms with van der Waals surface area (Å²) >= 11 is 0. The standard InChI is InChI=1S/C20H23F2NO4/c1-4-25-17-11-10-14(12-18(17)26-5-2)13(3)23-19(24)15-8-6-7-9-16(15)27-20(21)22/h6-13,20H,4-5H2,1-3H3,(H,23,24). The lowest BCUT2D eigenvalue weighted by molar-refractivity contribution is -0.0501. The third-order valence-electron chi connectivity index (χ3n) is 3.76. The number of rotatable bonds is 9. The van der Waals surface area contributed by atoms with E-state index in [0.717, 1.165) is 5.56 Å². The van der Waals surface area contributed by atoms with Crippen molar-refractivity contribution < 1.29 is 27.8 Å². The molecule has 1 amide bonds. The Labute approximate surface area is 157 Å². The summed E-state index contributed by atoms with van der Waals surface area (Å²) in [6.07, 6.45) is 0. The van der Waals surface area contributed by atoms with Crippen molar-refractivity contribution >= 4 is 5.91 Å². The van der Waals surface area contributed by atoms with Gasteiger partial charge in [-0.15, -0.1) is 0 Å². The molecule has 2 aromatic rings. The first-order valence-electron chi connectivity index (χ1n) is 8.70. The average Bonchev–Trinajstić information content (AvgIpc) is 2.63. The van der Waals surface area contributed by atoms with Crippen molar-refractivity contribution in [1.29, 1.82) is 0 Å². The zero-order chi connectivity index (χ0) is 19.8. The SMILES string of the molecule is CCOc1ccc(C(C)NC(=O)c2ccccc2OC(F)F)cc1OCC. The maximum absolute atomic E-state index is 12.5. The predicted molar refractivity (Wildman–Crippen MR) is 97.7 cm³/mol. The van der Waals surface area contributed by atoms with Crippen LogP contribution in [0.3, 0.4) is 0 Å². The van der Waals surface area contributed by atoms with Gasteiger partial charge in [-0.2, -0.15) is 8.78 Å². The van der Waals surface area contributed by atoms with Crippen LogP contribution in [-0.2, 0) is 0 Å². The van der Waals surface area contributed by atoms with E-state index in [-0.39, 0.29) is 17.4 Å². The molecular formula is C20H23F2NO4. The van der Waals surface area contributed by atoms with Gasteiger partial charge in [0.25, 0.3) is 5.91 Å². The van der Waals surface area contributed by atoms with E-state index in [4.69, 9.17) is 9.47 Å². The molecule has 0 aromatic heterocycles. The van der Waals surface area contributed by atoms with Gasteiger partial charge < -0.3 is 19.5 Å². The third kappa shape index (κ3) is 5.57. The quantitative estimate of drug-likeness (QED) is 0.693. The molecule has 0 fully saturated rings. The summed E-state index contributed by atoms with van der Waals surface area (Å²) in [5.41, 5.74) is 0.836. The maximum atomic E-state index is 12.5. The highest BCUT2D eigenvalue weighted by Gasteiger charge is 2.18. The van der Waals surface area contributed by atoms with Gasteiger partial charge in [-0.25, -0.2) is 0 Å². The van der Waals surface area contributed by atoms with Crippen LogP contribution in [0.25, 0.3) is 0 Å². The zero-order valence-electron chi connectivity index (χ0n) is 15.5. The summed E-state index contributed by atoms with van der Waals surface area (Å²) in [6.45, 7) is 3.52. The topological polar surface area (TPSA) is 56.8 Å². The van der Waals surface area contributed by atoms with E-state index in [9.17, 15) is 13.6 Å². The first-order valence-corrected chi connectivity index (χ1v) is 8.70. The Bertz CT molecular complexity index is 767. The fraction of sp³-hybridized carbons (Fsp3) is 0.350. The lowest BCUT2D eigenvalue weighted by atomic mass is 10.1. The van der Waals surface area contributed by atoms with Crippen LogP contribution < -0.4 is 19.5 Å². The van der Waals surface area contributed by atoms with Crippen molar-refractivity contribution in [3.8, 4) is 17.2 Å². The van der Waals surface area contributed by atoms with Crippen LogP contribution >= 0.6 is 0 Å². The minimum atomic E-state index is -3.00. The first kappa shape index (κ1) is 20.5. The smallest absolute Gasteiger partial charge is 0.387 e. The van der Waals surface area contributed by atoms with Gasteiger partial charge in [-0.1, -0.05) is 18.2 Å². The van der Waals surface area contributed by atoms with Gasteiger partial charge in [0.2, 0.25) is 0 Å². The third-order valence-corrected chi connectivity index (χ3v) is 3.76. The lowest BCUT2D eigenvalue weighted by Crippen LogP contribution is -2.27. The molecule has 146 valence electrons. The highest BCUT2D eigenvalue weighted by molar-refractivity contribution is 5.97. The molecule has 2 aromatic carbocycles. The second-order valence-electron chi connectivity index (χ2n) is 5.64. The van der Waals surface area contributed by atoms with E-state index < -0.39 is 12.5 Å². The number of benzene rings is 2. The summed E-state index contributed by atoms with van der Waals surface area (Å²) < 4.78 is 40.6. The van der Waals surface area contributed by atoms with E-state index in [1.165, 1.54) is 18.2 Å². The van der Waals surface area contributed by atoms with E-state index in [1.807, 2.05) is 19.9 Å². The molecular weight excluding hydrogens is 356 g/mol. The van der Waals surface area contributed by atoms with Crippen LogP contribution in [0.4, 0.5) is 8.78 Å². The number of alkyl halides is 2. The Kier molecular flexibility index (Phi) is 7.40.